The highest BCUT2D eigenvalue weighted by Gasteiger charge is 2.25. The van der Waals surface area contributed by atoms with Crippen molar-refractivity contribution in [3.05, 3.63) is 90.1 Å². The van der Waals surface area contributed by atoms with Gasteiger partial charge in [0.05, 0.1) is 23.0 Å². The first kappa shape index (κ1) is 20.7. The Labute approximate surface area is 181 Å². The molecule has 2 heterocycles. The van der Waals surface area contributed by atoms with Crippen LogP contribution in [0.3, 0.4) is 0 Å². The summed E-state index contributed by atoms with van der Waals surface area (Å²) in [6.45, 7) is 0. The van der Waals surface area contributed by atoms with Crippen molar-refractivity contribution in [3.63, 3.8) is 0 Å². The number of aromatic nitrogens is 3. The highest BCUT2D eigenvalue weighted by molar-refractivity contribution is 6.11. The molecular formula is C23H17FN4O4. The van der Waals surface area contributed by atoms with E-state index in [4.69, 9.17) is 0 Å². The van der Waals surface area contributed by atoms with Gasteiger partial charge in [-0.05, 0) is 36.4 Å². The van der Waals surface area contributed by atoms with Gasteiger partial charge in [-0.2, -0.15) is 5.10 Å². The zero-order valence-corrected chi connectivity index (χ0v) is 16.8. The van der Waals surface area contributed by atoms with Gasteiger partial charge in [0.2, 0.25) is 0 Å². The lowest BCUT2D eigenvalue weighted by Gasteiger charge is -2.17. The van der Waals surface area contributed by atoms with Gasteiger partial charge in [-0.15, -0.1) is 0 Å². The molecule has 8 nitrogen and oxygen atoms in total. The number of imide groups is 1. The van der Waals surface area contributed by atoms with Crippen molar-refractivity contribution < 1.29 is 24.2 Å². The normalized spacial score (nSPS) is 10.7. The molecule has 0 aliphatic heterocycles. The third kappa shape index (κ3) is 3.67. The first-order chi connectivity index (χ1) is 15.4. The van der Waals surface area contributed by atoms with Crippen molar-refractivity contribution in [2.75, 3.05) is 7.05 Å². The molecule has 0 atom stereocenters. The fraction of sp³-hybridized carbons (Fsp3) is 0.0435. The number of aromatic hydroxyl groups is 2. The van der Waals surface area contributed by atoms with E-state index in [0.717, 1.165) is 11.0 Å². The van der Waals surface area contributed by atoms with Crippen molar-refractivity contribution >= 4 is 11.8 Å². The summed E-state index contributed by atoms with van der Waals surface area (Å²) in [6, 6.07) is 12.8. The van der Waals surface area contributed by atoms with Gasteiger partial charge in [0.1, 0.15) is 23.0 Å². The van der Waals surface area contributed by atoms with Crippen molar-refractivity contribution in [2.24, 2.45) is 0 Å². The Morgan fingerprint density at radius 2 is 1.75 bits per heavy atom. The molecule has 4 aromatic rings. The number of para-hydroxylation sites is 1. The number of halogens is 1. The molecule has 0 spiro atoms. The zero-order valence-electron chi connectivity index (χ0n) is 16.8. The van der Waals surface area contributed by atoms with Crippen LogP contribution in [0.15, 0.2) is 73.2 Å². The number of hydrogen-bond donors (Lipinski definition) is 2. The number of phenolic OH excluding ortho intramolecular Hbond substituents is 2. The van der Waals surface area contributed by atoms with Crippen molar-refractivity contribution in [1.82, 2.24) is 19.7 Å². The van der Waals surface area contributed by atoms with Crippen LogP contribution < -0.4 is 0 Å². The molecule has 4 rings (SSSR count). The van der Waals surface area contributed by atoms with Gasteiger partial charge in [-0.1, -0.05) is 12.1 Å². The van der Waals surface area contributed by atoms with Gasteiger partial charge in [0.15, 0.2) is 0 Å². The second kappa shape index (κ2) is 8.31. The molecule has 2 aromatic heterocycles. The van der Waals surface area contributed by atoms with Crippen LogP contribution in [-0.2, 0) is 0 Å². The maximum atomic E-state index is 14.3. The van der Waals surface area contributed by atoms with E-state index in [9.17, 15) is 24.2 Å². The topological polar surface area (TPSA) is 109 Å². The summed E-state index contributed by atoms with van der Waals surface area (Å²) in [4.78, 5) is 30.3. The predicted molar refractivity (Wildman–Crippen MR) is 113 cm³/mol. The molecule has 2 amide bonds. The lowest BCUT2D eigenvalue weighted by Crippen LogP contribution is -2.33. The van der Waals surface area contributed by atoms with Gasteiger partial charge in [-0.3, -0.25) is 19.5 Å². The zero-order chi connectivity index (χ0) is 22.8. The van der Waals surface area contributed by atoms with E-state index < -0.39 is 23.4 Å². The Bertz CT molecular complexity index is 1320. The molecule has 0 saturated heterocycles. The highest BCUT2D eigenvalue weighted by atomic mass is 19.1. The quantitative estimate of drug-likeness (QED) is 0.479. The molecule has 160 valence electrons. The summed E-state index contributed by atoms with van der Waals surface area (Å²) in [5.74, 6) is -2.81. The maximum Gasteiger partial charge on any atom is 0.264 e. The van der Waals surface area contributed by atoms with Gasteiger partial charge < -0.3 is 10.2 Å². The van der Waals surface area contributed by atoms with Gasteiger partial charge >= 0.3 is 0 Å². The standard InChI is InChI=1S/C23H17FN4O4/c1-27(22(31)14-5-4-9-25-13-14)23(32)16-11-15(20(29)12-21(16)30)18-8-10-26-28(18)19-7-3-2-6-17(19)24/h2-13,29-30H,1H3. The second-order valence-corrected chi connectivity index (χ2v) is 6.88. The molecular weight excluding hydrogens is 415 g/mol. The highest BCUT2D eigenvalue weighted by Crippen LogP contribution is 2.36. The molecule has 0 aliphatic carbocycles. The number of benzene rings is 2. The number of phenols is 2. The number of nitrogens with zero attached hydrogens (tertiary/aromatic N) is 4. The minimum absolute atomic E-state index is 0.120. The van der Waals surface area contributed by atoms with Crippen LogP contribution in [0.25, 0.3) is 16.9 Å². The number of carbonyl (C=O) groups is 2. The van der Waals surface area contributed by atoms with E-state index in [1.807, 2.05) is 0 Å². The third-order valence-corrected chi connectivity index (χ3v) is 4.86. The van der Waals surface area contributed by atoms with E-state index >= 15 is 0 Å². The summed E-state index contributed by atoms with van der Waals surface area (Å²) < 4.78 is 15.6. The molecule has 32 heavy (non-hydrogen) atoms. The summed E-state index contributed by atoms with van der Waals surface area (Å²) >= 11 is 0. The second-order valence-electron chi connectivity index (χ2n) is 6.88. The monoisotopic (exact) mass is 432 g/mol. The van der Waals surface area contributed by atoms with Crippen LogP contribution in [-0.4, -0.2) is 48.7 Å². The van der Waals surface area contributed by atoms with E-state index in [-0.39, 0.29) is 33.8 Å². The lowest BCUT2D eigenvalue weighted by molar-refractivity contribution is 0.0654. The van der Waals surface area contributed by atoms with E-state index in [1.165, 1.54) is 66.7 Å². The molecule has 0 fully saturated rings. The van der Waals surface area contributed by atoms with Crippen LogP contribution >= 0.6 is 0 Å². The lowest BCUT2D eigenvalue weighted by atomic mass is 10.0. The summed E-state index contributed by atoms with van der Waals surface area (Å²) in [5.41, 5.74) is 0.507. The predicted octanol–water partition coefficient (Wildman–Crippen LogP) is 3.40. The van der Waals surface area contributed by atoms with Gasteiger partial charge in [-0.25, -0.2) is 9.07 Å². The van der Waals surface area contributed by atoms with Crippen LogP contribution in [0.4, 0.5) is 4.39 Å². The number of amides is 2. The van der Waals surface area contributed by atoms with Crippen LogP contribution in [0, 0.1) is 5.82 Å². The van der Waals surface area contributed by atoms with E-state index in [1.54, 1.807) is 12.1 Å². The third-order valence-electron chi connectivity index (χ3n) is 4.86. The van der Waals surface area contributed by atoms with Crippen LogP contribution in [0.1, 0.15) is 20.7 Å². The number of hydrogen-bond acceptors (Lipinski definition) is 6. The van der Waals surface area contributed by atoms with Crippen LogP contribution in [0.2, 0.25) is 0 Å². The first-order valence-electron chi connectivity index (χ1n) is 9.46. The maximum absolute atomic E-state index is 14.3. The van der Waals surface area contributed by atoms with E-state index in [0.29, 0.717) is 0 Å². The summed E-state index contributed by atoms with van der Waals surface area (Å²) in [6.07, 6.45) is 4.23. The fourth-order valence-corrected chi connectivity index (χ4v) is 3.23. The Morgan fingerprint density at radius 3 is 2.47 bits per heavy atom. The van der Waals surface area contributed by atoms with Gasteiger partial charge in [0.25, 0.3) is 11.8 Å². The molecule has 0 aliphatic rings. The Hall–Kier alpha value is -4.53. The minimum Gasteiger partial charge on any atom is -0.507 e. The first-order valence-corrected chi connectivity index (χ1v) is 9.46. The average molecular weight is 432 g/mol. The van der Waals surface area contributed by atoms with Crippen LogP contribution in [0.5, 0.6) is 11.5 Å². The molecule has 2 N–H and O–H groups in total. The summed E-state index contributed by atoms with van der Waals surface area (Å²) in [7, 11) is 1.27. The SMILES string of the molecule is CN(C(=O)c1cccnc1)C(=O)c1cc(-c2ccnn2-c2ccccc2F)c(O)cc1O. The van der Waals surface area contributed by atoms with Crippen molar-refractivity contribution in [2.45, 2.75) is 0 Å². The molecule has 0 bridgehead atoms. The Morgan fingerprint density at radius 1 is 0.969 bits per heavy atom. The van der Waals surface area contributed by atoms with Gasteiger partial charge in [0, 0.05) is 31.1 Å². The largest absolute Gasteiger partial charge is 0.507 e. The molecule has 0 radical (unpaired) electrons. The van der Waals surface area contributed by atoms with Crippen molar-refractivity contribution in [1.29, 1.82) is 0 Å². The number of rotatable bonds is 4. The van der Waals surface area contributed by atoms with Crippen molar-refractivity contribution in [3.8, 4) is 28.4 Å². The molecule has 0 unspecified atom stereocenters. The Balaban J connectivity index is 1.76. The van der Waals surface area contributed by atoms with E-state index in [2.05, 4.69) is 10.1 Å². The smallest absolute Gasteiger partial charge is 0.264 e. The number of pyridine rings is 1. The average Bonchev–Trinajstić information content (AvgIpc) is 3.28. The Kier molecular flexibility index (Phi) is 5.38. The minimum atomic E-state index is -0.797. The molecule has 0 saturated carbocycles. The fourth-order valence-electron chi connectivity index (χ4n) is 3.23. The molecule has 2 aromatic carbocycles. The summed E-state index contributed by atoms with van der Waals surface area (Å²) in [5, 5.41) is 24.9. The number of carbonyl (C=O) groups excluding carboxylic acids is 2. The molecule has 9 heteroatoms.